The van der Waals surface area contributed by atoms with Crippen molar-refractivity contribution in [1.82, 2.24) is 4.90 Å². The number of hydrogen-bond acceptors (Lipinski definition) is 5. The molecular formula is C26H29NO5. The standard InChI is InChI=1S/C26H29NO5/c1-16-14-18(12-13-21(16)32-3)24(28)22-23(17-8-7-11-20(15-17)31-2)27(26(30)25(22)29)19-9-5-4-6-10-19/h7-8,11-15,19,23,28H,4-6,9-10H2,1-3H3/b24-22-. The van der Waals surface area contributed by atoms with E-state index in [4.69, 9.17) is 9.47 Å². The van der Waals surface area contributed by atoms with Crippen LogP contribution in [0.3, 0.4) is 0 Å². The number of amides is 1. The summed E-state index contributed by atoms with van der Waals surface area (Å²) in [5.74, 6) is -0.0309. The fourth-order valence-corrected chi connectivity index (χ4v) is 4.91. The fraction of sp³-hybridized carbons (Fsp3) is 0.385. The number of likely N-dealkylation sites (tertiary alicyclic amines) is 1. The van der Waals surface area contributed by atoms with Gasteiger partial charge in [-0.15, -0.1) is 0 Å². The van der Waals surface area contributed by atoms with Crippen molar-refractivity contribution in [3.8, 4) is 11.5 Å². The maximum absolute atomic E-state index is 13.3. The van der Waals surface area contributed by atoms with E-state index in [-0.39, 0.29) is 17.4 Å². The minimum atomic E-state index is -0.657. The average Bonchev–Trinajstić information content (AvgIpc) is 3.09. The third-order valence-electron chi connectivity index (χ3n) is 6.53. The second kappa shape index (κ2) is 9.07. The first-order valence-electron chi connectivity index (χ1n) is 11.0. The first kappa shape index (κ1) is 21.9. The van der Waals surface area contributed by atoms with E-state index in [0.29, 0.717) is 17.1 Å². The molecule has 0 bridgehead atoms. The van der Waals surface area contributed by atoms with Crippen LogP contribution in [0.1, 0.15) is 54.8 Å². The van der Waals surface area contributed by atoms with E-state index in [0.717, 1.165) is 43.2 Å². The predicted molar refractivity (Wildman–Crippen MR) is 122 cm³/mol. The number of ketones is 1. The van der Waals surface area contributed by atoms with Gasteiger partial charge in [-0.05, 0) is 61.2 Å². The van der Waals surface area contributed by atoms with Crippen LogP contribution in [0.2, 0.25) is 0 Å². The van der Waals surface area contributed by atoms with Crippen LogP contribution < -0.4 is 9.47 Å². The van der Waals surface area contributed by atoms with E-state index in [1.54, 1.807) is 37.3 Å². The average molecular weight is 436 g/mol. The molecular weight excluding hydrogens is 406 g/mol. The summed E-state index contributed by atoms with van der Waals surface area (Å²) in [5, 5.41) is 11.3. The Morgan fingerprint density at radius 2 is 1.75 bits per heavy atom. The first-order chi connectivity index (χ1) is 15.5. The molecule has 2 aromatic carbocycles. The van der Waals surface area contributed by atoms with Gasteiger partial charge in [0.25, 0.3) is 11.7 Å². The number of carbonyl (C=O) groups excluding carboxylic acids is 2. The normalized spacial score (nSPS) is 21.1. The fourth-order valence-electron chi connectivity index (χ4n) is 4.91. The van der Waals surface area contributed by atoms with Gasteiger partial charge in [0.2, 0.25) is 0 Å². The van der Waals surface area contributed by atoms with E-state index < -0.39 is 17.7 Å². The van der Waals surface area contributed by atoms with Crippen LogP contribution in [0.15, 0.2) is 48.0 Å². The number of aliphatic hydroxyl groups is 1. The molecule has 1 amide bonds. The molecule has 1 saturated carbocycles. The van der Waals surface area contributed by atoms with E-state index in [2.05, 4.69) is 0 Å². The molecule has 2 aliphatic rings. The summed E-state index contributed by atoms with van der Waals surface area (Å²) in [4.78, 5) is 28.2. The van der Waals surface area contributed by atoms with Gasteiger partial charge in [-0.25, -0.2) is 0 Å². The summed E-state index contributed by atoms with van der Waals surface area (Å²) in [6.07, 6.45) is 4.89. The summed E-state index contributed by atoms with van der Waals surface area (Å²) in [5.41, 5.74) is 2.19. The Morgan fingerprint density at radius 1 is 1.00 bits per heavy atom. The van der Waals surface area contributed by atoms with Gasteiger partial charge in [0.05, 0.1) is 25.8 Å². The molecule has 4 rings (SSSR count). The molecule has 1 saturated heterocycles. The van der Waals surface area contributed by atoms with Crippen molar-refractivity contribution in [1.29, 1.82) is 0 Å². The number of Topliss-reactive ketones (excluding diaryl/α,β-unsaturated/α-hetero) is 1. The number of hydrogen-bond donors (Lipinski definition) is 1. The topological polar surface area (TPSA) is 76.1 Å². The van der Waals surface area contributed by atoms with E-state index in [9.17, 15) is 14.7 Å². The van der Waals surface area contributed by atoms with Crippen molar-refractivity contribution in [2.45, 2.75) is 51.1 Å². The third kappa shape index (κ3) is 3.85. The van der Waals surface area contributed by atoms with Gasteiger partial charge >= 0.3 is 0 Å². The molecule has 168 valence electrons. The maximum Gasteiger partial charge on any atom is 0.295 e. The molecule has 6 heteroatoms. The number of ether oxygens (including phenoxy) is 2. The number of aliphatic hydroxyl groups excluding tert-OH is 1. The Kier molecular flexibility index (Phi) is 6.21. The number of benzene rings is 2. The maximum atomic E-state index is 13.3. The monoisotopic (exact) mass is 435 g/mol. The first-order valence-corrected chi connectivity index (χ1v) is 11.0. The molecule has 1 aliphatic carbocycles. The van der Waals surface area contributed by atoms with Crippen LogP contribution in [0.5, 0.6) is 11.5 Å². The Hall–Kier alpha value is -3.28. The van der Waals surface area contributed by atoms with Crippen LogP contribution >= 0.6 is 0 Å². The van der Waals surface area contributed by atoms with Crippen LogP contribution in [-0.4, -0.2) is 42.0 Å². The Bertz CT molecular complexity index is 1070. The lowest BCUT2D eigenvalue weighted by Crippen LogP contribution is -2.40. The van der Waals surface area contributed by atoms with Gasteiger partial charge in [-0.3, -0.25) is 9.59 Å². The quantitative estimate of drug-likeness (QED) is 0.416. The zero-order chi connectivity index (χ0) is 22.8. The lowest BCUT2D eigenvalue weighted by Gasteiger charge is -2.35. The summed E-state index contributed by atoms with van der Waals surface area (Å²) in [6.45, 7) is 1.87. The summed E-state index contributed by atoms with van der Waals surface area (Å²) >= 11 is 0. The van der Waals surface area contributed by atoms with Crippen molar-refractivity contribution >= 4 is 17.4 Å². The van der Waals surface area contributed by atoms with Gasteiger partial charge in [-0.1, -0.05) is 31.4 Å². The smallest absolute Gasteiger partial charge is 0.295 e. The van der Waals surface area contributed by atoms with Crippen LogP contribution in [0, 0.1) is 6.92 Å². The third-order valence-corrected chi connectivity index (χ3v) is 6.53. The van der Waals surface area contributed by atoms with Gasteiger partial charge in [0, 0.05) is 11.6 Å². The number of methoxy groups -OCH3 is 2. The highest BCUT2D eigenvalue weighted by atomic mass is 16.5. The minimum absolute atomic E-state index is 0.0284. The second-order valence-electron chi connectivity index (χ2n) is 8.46. The van der Waals surface area contributed by atoms with Crippen molar-refractivity contribution in [2.75, 3.05) is 14.2 Å². The van der Waals surface area contributed by atoms with E-state index in [1.165, 1.54) is 0 Å². The molecule has 2 aromatic rings. The van der Waals surface area contributed by atoms with Gasteiger partial charge in [0.15, 0.2) is 0 Å². The van der Waals surface area contributed by atoms with Crippen LogP contribution in [0.25, 0.3) is 5.76 Å². The lowest BCUT2D eigenvalue weighted by atomic mass is 9.90. The van der Waals surface area contributed by atoms with Crippen molar-refractivity contribution < 1.29 is 24.2 Å². The highest BCUT2D eigenvalue weighted by molar-refractivity contribution is 6.46. The highest BCUT2D eigenvalue weighted by Crippen LogP contribution is 2.43. The molecule has 6 nitrogen and oxygen atoms in total. The largest absolute Gasteiger partial charge is 0.507 e. The lowest BCUT2D eigenvalue weighted by molar-refractivity contribution is -0.141. The molecule has 0 radical (unpaired) electrons. The zero-order valence-electron chi connectivity index (χ0n) is 18.8. The Labute approximate surface area is 188 Å². The molecule has 1 unspecified atom stereocenters. The van der Waals surface area contributed by atoms with Gasteiger partial charge < -0.3 is 19.5 Å². The molecule has 1 atom stereocenters. The minimum Gasteiger partial charge on any atom is -0.507 e. The van der Waals surface area contributed by atoms with Crippen LogP contribution in [0.4, 0.5) is 0 Å². The summed E-state index contributed by atoms with van der Waals surface area (Å²) < 4.78 is 10.7. The molecule has 0 aromatic heterocycles. The number of rotatable bonds is 5. The zero-order valence-corrected chi connectivity index (χ0v) is 18.8. The van der Waals surface area contributed by atoms with Crippen molar-refractivity contribution in [3.05, 3.63) is 64.7 Å². The SMILES string of the molecule is COc1cccc(C2/C(=C(/O)c3ccc(OC)c(C)c3)C(=O)C(=O)N2C2CCCCC2)c1. The number of nitrogens with zero attached hydrogens (tertiary/aromatic N) is 1. The van der Waals surface area contributed by atoms with Crippen LogP contribution in [-0.2, 0) is 9.59 Å². The van der Waals surface area contributed by atoms with E-state index in [1.807, 2.05) is 31.2 Å². The molecule has 1 heterocycles. The molecule has 0 spiro atoms. The van der Waals surface area contributed by atoms with Gasteiger partial charge in [-0.2, -0.15) is 0 Å². The molecule has 1 aliphatic heterocycles. The highest BCUT2D eigenvalue weighted by Gasteiger charge is 2.49. The Balaban J connectivity index is 1.88. The molecule has 2 fully saturated rings. The number of carbonyl (C=O) groups is 2. The summed E-state index contributed by atoms with van der Waals surface area (Å²) in [7, 11) is 3.16. The van der Waals surface area contributed by atoms with E-state index >= 15 is 0 Å². The Morgan fingerprint density at radius 3 is 2.41 bits per heavy atom. The van der Waals surface area contributed by atoms with Crippen molar-refractivity contribution in [3.63, 3.8) is 0 Å². The molecule has 32 heavy (non-hydrogen) atoms. The predicted octanol–water partition coefficient (Wildman–Crippen LogP) is 4.77. The van der Waals surface area contributed by atoms with Gasteiger partial charge in [0.1, 0.15) is 17.3 Å². The van der Waals surface area contributed by atoms with Crippen molar-refractivity contribution in [2.24, 2.45) is 0 Å². The summed E-state index contributed by atoms with van der Waals surface area (Å²) in [6, 6.07) is 11.9. The second-order valence-corrected chi connectivity index (χ2v) is 8.46. The number of aryl methyl sites for hydroxylation is 1. The molecule has 1 N–H and O–H groups in total.